The predicted molar refractivity (Wildman–Crippen MR) is 88.6 cm³/mol. The number of carbonyl (C=O) groups excluding carboxylic acids is 3. The van der Waals surface area contributed by atoms with E-state index in [9.17, 15) is 14.4 Å². The summed E-state index contributed by atoms with van der Waals surface area (Å²) in [6.07, 6.45) is 5.62. The van der Waals surface area contributed by atoms with Crippen molar-refractivity contribution >= 4 is 17.7 Å². The van der Waals surface area contributed by atoms with E-state index in [2.05, 4.69) is 12.2 Å². The molecular formula is C18H24N2O3. The zero-order valence-corrected chi connectivity index (χ0v) is 14.0. The minimum Gasteiger partial charge on any atom is -0.350 e. The molecule has 0 spiro atoms. The summed E-state index contributed by atoms with van der Waals surface area (Å²) in [5.41, 5.74) is 1.09. The Kier molecular flexibility index (Phi) is 5.53. The van der Waals surface area contributed by atoms with Crippen LogP contribution in [0.3, 0.4) is 0 Å². The van der Waals surface area contributed by atoms with Gasteiger partial charge in [0.1, 0.15) is 0 Å². The third-order valence-corrected chi connectivity index (χ3v) is 4.22. The zero-order valence-electron chi connectivity index (χ0n) is 14.0. The first-order valence-electron chi connectivity index (χ1n) is 8.23. The van der Waals surface area contributed by atoms with Crippen molar-refractivity contribution in [3.05, 3.63) is 34.9 Å². The second kappa shape index (κ2) is 7.40. The van der Waals surface area contributed by atoms with Crippen LogP contribution in [0.5, 0.6) is 0 Å². The number of unbranched alkanes of at least 4 members (excludes halogenated alkanes) is 3. The monoisotopic (exact) mass is 316 g/mol. The molecule has 0 bridgehead atoms. The summed E-state index contributed by atoms with van der Waals surface area (Å²) in [5.74, 6) is -0.876. The van der Waals surface area contributed by atoms with E-state index in [1.165, 1.54) is 32.4 Å². The molecule has 5 nitrogen and oxygen atoms in total. The Labute approximate surface area is 137 Å². The van der Waals surface area contributed by atoms with Crippen LogP contribution >= 0.6 is 0 Å². The molecule has 0 radical (unpaired) electrons. The van der Waals surface area contributed by atoms with Crippen LogP contribution in [0.4, 0.5) is 0 Å². The smallest absolute Gasteiger partial charge is 0.261 e. The van der Waals surface area contributed by atoms with Crippen LogP contribution in [0.1, 0.15) is 77.0 Å². The number of benzene rings is 1. The lowest BCUT2D eigenvalue weighted by Crippen LogP contribution is -2.32. The first kappa shape index (κ1) is 17.2. The molecule has 0 aromatic heterocycles. The van der Waals surface area contributed by atoms with Crippen LogP contribution in [0, 0.1) is 0 Å². The summed E-state index contributed by atoms with van der Waals surface area (Å²) in [5, 5.41) is 2.95. The Balaban J connectivity index is 1.99. The molecule has 1 aromatic carbocycles. The Morgan fingerprint density at radius 3 is 2.52 bits per heavy atom. The van der Waals surface area contributed by atoms with Gasteiger partial charge in [-0.25, -0.2) is 0 Å². The van der Waals surface area contributed by atoms with Gasteiger partial charge in [0.15, 0.2) is 0 Å². The van der Waals surface area contributed by atoms with Crippen molar-refractivity contribution in [2.75, 3.05) is 7.05 Å². The number of amides is 3. The van der Waals surface area contributed by atoms with E-state index in [-0.39, 0.29) is 23.8 Å². The van der Waals surface area contributed by atoms with Gasteiger partial charge in [0.2, 0.25) is 0 Å². The minimum absolute atomic E-state index is 0.0904. The molecule has 0 saturated carbocycles. The number of fused-ring (bicyclic) bond motifs is 1. The van der Waals surface area contributed by atoms with Crippen molar-refractivity contribution in [3.8, 4) is 0 Å². The Bertz CT molecular complexity index is 625. The van der Waals surface area contributed by atoms with Crippen LogP contribution in [0.25, 0.3) is 0 Å². The van der Waals surface area contributed by atoms with Gasteiger partial charge in [-0.15, -0.1) is 0 Å². The fraction of sp³-hybridized carbons (Fsp3) is 0.500. The van der Waals surface area contributed by atoms with E-state index in [0.29, 0.717) is 16.7 Å². The lowest BCUT2D eigenvalue weighted by atomic mass is 10.0. The number of rotatable bonds is 7. The maximum Gasteiger partial charge on any atom is 0.261 e. The standard InChI is InChI=1S/C18H24N2O3/c1-4-5-6-7-8-12(2)19-16(21)13-9-10-14-15(11-13)18(23)20(3)17(14)22/h9-12H,4-8H2,1-3H3,(H,19,21). The molecule has 0 aliphatic carbocycles. The van der Waals surface area contributed by atoms with Gasteiger partial charge in [-0.05, 0) is 31.5 Å². The summed E-state index contributed by atoms with van der Waals surface area (Å²) in [6.45, 7) is 4.15. The van der Waals surface area contributed by atoms with Crippen molar-refractivity contribution in [2.24, 2.45) is 0 Å². The van der Waals surface area contributed by atoms with Gasteiger partial charge < -0.3 is 5.32 Å². The number of imide groups is 1. The molecule has 1 aliphatic rings. The van der Waals surface area contributed by atoms with E-state index in [1.54, 1.807) is 12.1 Å². The van der Waals surface area contributed by atoms with E-state index in [0.717, 1.165) is 17.7 Å². The third kappa shape index (κ3) is 3.78. The molecule has 1 aromatic rings. The highest BCUT2D eigenvalue weighted by Crippen LogP contribution is 2.22. The van der Waals surface area contributed by atoms with Crippen LogP contribution in [0.2, 0.25) is 0 Å². The normalized spacial score (nSPS) is 14.8. The number of hydrogen-bond acceptors (Lipinski definition) is 3. The summed E-state index contributed by atoms with van der Waals surface area (Å²) in [4.78, 5) is 37.2. The molecule has 1 atom stereocenters. The number of nitrogens with zero attached hydrogens (tertiary/aromatic N) is 1. The highest BCUT2D eigenvalue weighted by Gasteiger charge is 2.33. The number of carbonyl (C=O) groups is 3. The fourth-order valence-corrected chi connectivity index (χ4v) is 2.76. The van der Waals surface area contributed by atoms with Gasteiger partial charge in [0.25, 0.3) is 17.7 Å². The van der Waals surface area contributed by atoms with E-state index >= 15 is 0 Å². The summed E-state index contributed by atoms with van der Waals surface area (Å²) in [7, 11) is 1.45. The van der Waals surface area contributed by atoms with Gasteiger partial charge in [-0.3, -0.25) is 19.3 Å². The topological polar surface area (TPSA) is 66.5 Å². The Morgan fingerprint density at radius 2 is 1.83 bits per heavy atom. The average molecular weight is 316 g/mol. The molecule has 3 amide bonds. The van der Waals surface area contributed by atoms with Crippen molar-refractivity contribution in [1.29, 1.82) is 0 Å². The van der Waals surface area contributed by atoms with E-state index < -0.39 is 0 Å². The van der Waals surface area contributed by atoms with Gasteiger partial charge in [0.05, 0.1) is 11.1 Å². The second-order valence-electron chi connectivity index (χ2n) is 6.15. The van der Waals surface area contributed by atoms with Gasteiger partial charge in [0, 0.05) is 18.7 Å². The predicted octanol–water partition coefficient (Wildman–Crippen LogP) is 3.00. The third-order valence-electron chi connectivity index (χ3n) is 4.22. The average Bonchev–Trinajstić information content (AvgIpc) is 2.76. The summed E-state index contributed by atoms with van der Waals surface area (Å²) < 4.78 is 0. The quantitative estimate of drug-likeness (QED) is 0.621. The second-order valence-corrected chi connectivity index (χ2v) is 6.15. The molecule has 1 heterocycles. The SMILES string of the molecule is CCCCCCC(C)NC(=O)c1ccc2c(c1)C(=O)N(C)C2=O. The molecular weight excluding hydrogens is 292 g/mol. The number of nitrogens with one attached hydrogen (secondary N) is 1. The summed E-state index contributed by atoms with van der Waals surface area (Å²) in [6, 6.07) is 4.76. The van der Waals surface area contributed by atoms with Crippen LogP contribution < -0.4 is 5.32 Å². The maximum absolute atomic E-state index is 12.3. The Morgan fingerprint density at radius 1 is 1.13 bits per heavy atom. The Hall–Kier alpha value is -2.17. The lowest BCUT2D eigenvalue weighted by Gasteiger charge is -2.14. The first-order chi connectivity index (χ1) is 11.0. The largest absolute Gasteiger partial charge is 0.350 e. The molecule has 23 heavy (non-hydrogen) atoms. The van der Waals surface area contributed by atoms with Crippen molar-refractivity contribution in [3.63, 3.8) is 0 Å². The molecule has 0 fully saturated rings. The molecule has 1 N–H and O–H groups in total. The highest BCUT2D eigenvalue weighted by atomic mass is 16.2. The molecule has 2 rings (SSSR count). The highest BCUT2D eigenvalue weighted by molar-refractivity contribution is 6.21. The van der Waals surface area contributed by atoms with Gasteiger partial charge in [-0.1, -0.05) is 32.6 Å². The van der Waals surface area contributed by atoms with E-state index in [1.807, 2.05) is 6.92 Å². The van der Waals surface area contributed by atoms with Crippen LogP contribution in [0.15, 0.2) is 18.2 Å². The maximum atomic E-state index is 12.3. The molecule has 124 valence electrons. The summed E-state index contributed by atoms with van der Waals surface area (Å²) >= 11 is 0. The number of hydrogen-bond donors (Lipinski definition) is 1. The van der Waals surface area contributed by atoms with E-state index in [4.69, 9.17) is 0 Å². The molecule has 5 heteroatoms. The van der Waals surface area contributed by atoms with Crippen molar-refractivity contribution < 1.29 is 14.4 Å². The van der Waals surface area contributed by atoms with Gasteiger partial charge in [-0.2, -0.15) is 0 Å². The zero-order chi connectivity index (χ0) is 17.0. The fourth-order valence-electron chi connectivity index (χ4n) is 2.76. The van der Waals surface area contributed by atoms with Crippen LogP contribution in [-0.2, 0) is 0 Å². The van der Waals surface area contributed by atoms with Gasteiger partial charge >= 0.3 is 0 Å². The molecule has 1 aliphatic heterocycles. The van der Waals surface area contributed by atoms with Crippen LogP contribution in [-0.4, -0.2) is 35.7 Å². The molecule has 0 saturated heterocycles. The lowest BCUT2D eigenvalue weighted by molar-refractivity contribution is 0.0693. The van der Waals surface area contributed by atoms with Crippen molar-refractivity contribution in [1.82, 2.24) is 10.2 Å². The van der Waals surface area contributed by atoms with Crippen molar-refractivity contribution in [2.45, 2.75) is 52.0 Å². The first-order valence-corrected chi connectivity index (χ1v) is 8.23. The molecule has 1 unspecified atom stereocenters. The minimum atomic E-state index is -0.354.